The first-order chi connectivity index (χ1) is 4.72. The van der Waals surface area contributed by atoms with Gasteiger partial charge >= 0.3 is 0 Å². The monoisotopic (exact) mass is 136 g/mol. The third-order valence-corrected chi connectivity index (χ3v) is 1.47. The zero-order chi connectivity index (χ0) is 7.56. The van der Waals surface area contributed by atoms with E-state index in [-0.39, 0.29) is 0 Å². The van der Waals surface area contributed by atoms with Gasteiger partial charge in [-0.2, -0.15) is 5.10 Å². The van der Waals surface area contributed by atoms with E-state index >= 15 is 0 Å². The van der Waals surface area contributed by atoms with Gasteiger partial charge in [-0.25, -0.2) is 0 Å². The van der Waals surface area contributed by atoms with Crippen molar-refractivity contribution in [2.45, 2.75) is 20.8 Å². The van der Waals surface area contributed by atoms with Crippen molar-refractivity contribution in [1.82, 2.24) is 5.43 Å². The minimum atomic E-state index is 1.14. The fourth-order valence-electron chi connectivity index (χ4n) is 0.929. The molecule has 0 amide bonds. The molecule has 0 spiro atoms. The molecule has 0 aromatic heterocycles. The van der Waals surface area contributed by atoms with E-state index in [0.717, 1.165) is 5.70 Å². The Morgan fingerprint density at radius 2 is 2.20 bits per heavy atom. The standard InChI is InChI=1S/C8H12N2/c1-6(2)8-7(3)4-5-9-10-8/h4-5,10H,1-3H3. The fraction of sp³-hybridized carbons (Fsp3) is 0.375. The van der Waals surface area contributed by atoms with Crippen LogP contribution in [0.2, 0.25) is 0 Å². The van der Waals surface area contributed by atoms with E-state index in [1.165, 1.54) is 11.1 Å². The summed E-state index contributed by atoms with van der Waals surface area (Å²) in [4.78, 5) is 0. The Bertz CT molecular complexity index is 217. The van der Waals surface area contributed by atoms with Gasteiger partial charge in [0, 0.05) is 6.21 Å². The second kappa shape index (κ2) is 2.69. The minimum Gasteiger partial charge on any atom is -0.278 e. The molecule has 0 bridgehead atoms. The Morgan fingerprint density at radius 1 is 1.50 bits per heavy atom. The molecular weight excluding hydrogens is 124 g/mol. The van der Waals surface area contributed by atoms with Gasteiger partial charge in [0.1, 0.15) is 0 Å². The third kappa shape index (κ3) is 1.26. The SMILES string of the molecule is CC1=CC=NNC1=C(C)C. The summed E-state index contributed by atoms with van der Waals surface area (Å²) in [6, 6.07) is 0. The molecule has 1 aliphatic heterocycles. The molecule has 0 saturated heterocycles. The second-order valence-electron chi connectivity index (χ2n) is 2.61. The summed E-state index contributed by atoms with van der Waals surface area (Å²) in [7, 11) is 0. The lowest BCUT2D eigenvalue weighted by Crippen LogP contribution is -2.11. The molecule has 0 aromatic rings. The van der Waals surface area contributed by atoms with Crippen LogP contribution < -0.4 is 5.43 Å². The maximum absolute atomic E-state index is 3.92. The summed E-state index contributed by atoms with van der Waals surface area (Å²) in [5, 5.41) is 3.92. The third-order valence-electron chi connectivity index (χ3n) is 1.47. The highest BCUT2D eigenvalue weighted by Crippen LogP contribution is 2.12. The lowest BCUT2D eigenvalue weighted by Gasteiger charge is -2.11. The Hall–Kier alpha value is -1.05. The van der Waals surface area contributed by atoms with E-state index in [0.29, 0.717) is 0 Å². The van der Waals surface area contributed by atoms with Crippen LogP contribution >= 0.6 is 0 Å². The van der Waals surface area contributed by atoms with E-state index in [1.807, 2.05) is 6.08 Å². The van der Waals surface area contributed by atoms with Crippen molar-refractivity contribution < 1.29 is 0 Å². The van der Waals surface area contributed by atoms with Gasteiger partial charge in [-0.15, -0.1) is 0 Å². The summed E-state index contributed by atoms with van der Waals surface area (Å²) < 4.78 is 0. The number of hydrazone groups is 1. The summed E-state index contributed by atoms with van der Waals surface area (Å²) in [6.45, 7) is 6.21. The second-order valence-corrected chi connectivity index (χ2v) is 2.61. The van der Waals surface area contributed by atoms with Gasteiger partial charge < -0.3 is 0 Å². The predicted octanol–water partition coefficient (Wildman–Crippen LogP) is 1.82. The lowest BCUT2D eigenvalue weighted by atomic mass is 10.1. The average molecular weight is 136 g/mol. The Labute approximate surface area is 61.3 Å². The largest absolute Gasteiger partial charge is 0.278 e. The van der Waals surface area contributed by atoms with E-state index in [4.69, 9.17) is 0 Å². The molecule has 1 rings (SSSR count). The van der Waals surface area contributed by atoms with Gasteiger partial charge in [-0.1, -0.05) is 5.57 Å². The van der Waals surface area contributed by atoms with Gasteiger partial charge in [0.05, 0.1) is 5.70 Å². The lowest BCUT2D eigenvalue weighted by molar-refractivity contribution is 0.873. The molecule has 1 N–H and O–H groups in total. The van der Waals surface area contributed by atoms with Crippen molar-refractivity contribution in [3.63, 3.8) is 0 Å². The van der Waals surface area contributed by atoms with Crippen LogP contribution in [0, 0.1) is 0 Å². The van der Waals surface area contributed by atoms with Crippen molar-refractivity contribution in [3.05, 3.63) is 22.9 Å². The first-order valence-corrected chi connectivity index (χ1v) is 3.35. The van der Waals surface area contributed by atoms with E-state index in [9.17, 15) is 0 Å². The van der Waals surface area contributed by atoms with Crippen molar-refractivity contribution in [3.8, 4) is 0 Å². The van der Waals surface area contributed by atoms with Crippen molar-refractivity contribution in [2.24, 2.45) is 5.10 Å². The molecule has 0 aromatic carbocycles. The molecule has 0 aliphatic carbocycles. The highest BCUT2D eigenvalue weighted by Gasteiger charge is 2.02. The molecule has 0 radical (unpaired) electrons. The van der Waals surface area contributed by atoms with Crippen LogP contribution in [0.5, 0.6) is 0 Å². The van der Waals surface area contributed by atoms with Crippen LogP contribution in [0.25, 0.3) is 0 Å². The zero-order valence-corrected chi connectivity index (χ0v) is 6.60. The van der Waals surface area contributed by atoms with Crippen LogP contribution in [0.4, 0.5) is 0 Å². The van der Waals surface area contributed by atoms with Gasteiger partial charge in [0.2, 0.25) is 0 Å². The molecule has 2 heteroatoms. The summed E-state index contributed by atoms with van der Waals surface area (Å²) >= 11 is 0. The quantitative estimate of drug-likeness (QED) is 0.539. The molecule has 0 atom stereocenters. The van der Waals surface area contributed by atoms with Crippen molar-refractivity contribution >= 4 is 6.21 Å². The van der Waals surface area contributed by atoms with Gasteiger partial charge in [-0.05, 0) is 32.4 Å². The first-order valence-electron chi connectivity index (χ1n) is 3.35. The molecule has 54 valence electrons. The minimum absolute atomic E-state index is 1.14. The smallest absolute Gasteiger partial charge is 0.0577 e. The maximum Gasteiger partial charge on any atom is 0.0577 e. The predicted molar refractivity (Wildman–Crippen MR) is 43.8 cm³/mol. The van der Waals surface area contributed by atoms with Gasteiger partial charge in [0.25, 0.3) is 0 Å². The van der Waals surface area contributed by atoms with Crippen molar-refractivity contribution in [1.29, 1.82) is 0 Å². The van der Waals surface area contributed by atoms with Crippen LogP contribution in [0.1, 0.15) is 20.8 Å². The summed E-state index contributed by atoms with van der Waals surface area (Å²) in [5.74, 6) is 0. The topological polar surface area (TPSA) is 24.4 Å². The molecule has 1 aliphatic rings. The van der Waals surface area contributed by atoms with Crippen LogP contribution in [-0.2, 0) is 0 Å². The van der Waals surface area contributed by atoms with Crippen LogP contribution in [-0.4, -0.2) is 6.21 Å². The zero-order valence-electron chi connectivity index (χ0n) is 6.60. The first kappa shape index (κ1) is 7.06. The molecule has 2 nitrogen and oxygen atoms in total. The molecule has 1 heterocycles. The van der Waals surface area contributed by atoms with E-state index < -0.39 is 0 Å². The normalized spacial score (nSPS) is 16.3. The van der Waals surface area contributed by atoms with Crippen molar-refractivity contribution in [2.75, 3.05) is 0 Å². The molecule has 0 unspecified atom stereocenters. The number of nitrogens with one attached hydrogen (secondary N) is 1. The number of hydrogen-bond acceptors (Lipinski definition) is 2. The molecular formula is C8H12N2. The fourth-order valence-corrected chi connectivity index (χ4v) is 0.929. The van der Waals surface area contributed by atoms with Gasteiger partial charge in [0.15, 0.2) is 0 Å². The average Bonchev–Trinajstić information content (AvgIpc) is 1.88. The Morgan fingerprint density at radius 3 is 2.60 bits per heavy atom. The van der Waals surface area contributed by atoms with E-state index in [1.54, 1.807) is 6.21 Å². The molecule has 10 heavy (non-hydrogen) atoms. The number of nitrogens with zero attached hydrogens (tertiary/aromatic N) is 1. The maximum atomic E-state index is 3.92. The number of allylic oxidation sites excluding steroid dienone is 3. The molecule has 0 fully saturated rings. The summed E-state index contributed by atoms with van der Waals surface area (Å²) in [6.07, 6.45) is 3.76. The number of rotatable bonds is 0. The van der Waals surface area contributed by atoms with Gasteiger partial charge in [-0.3, -0.25) is 5.43 Å². The van der Waals surface area contributed by atoms with Crippen LogP contribution in [0.3, 0.4) is 0 Å². The highest BCUT2D eigenvalue weighted by molar-refractivity contribution is 5.74. The Kier molecular flexibility index (Phi) is 1.90. The molecule has 0 saturated carbocycles. The van der Waals surface area contributed by atoms with Crippen LogP contribution in [0.15, 0.2) is 28.0 Å². The van der Waals surface area contributed by atoms with E-state index in [2.05, 4.69) is 31.3 Å². The highest BCUT2D eigenvalue weighted by atomic mass is 15.3. The summed E-state index contributed by atoms with van der Waals surface area (Å²) in [5.41, 5.74) is 6.60. The number of hydrogen-bond donors (Lipinski definition) is 1. The Balaban J connectivity index is 2.94.